The lowest BCUT2D eigenvalue weighted by atomic mass is 9.81. The van der Waals surface area contributed by atoms with Crippen molar-refractivity contribution < 1.29 is 0 Å². The molecule has 6 nitrogen and oxygen atoms in total. The van der Waals surface area contributed by atoms with E-state index in [-0.39, 0.29) is 5.41 Å². The van der Waals surface area contributed by atoms with E-state index in [4.69, 9.17) is 15.0 Å². The molecule has 3 aromatic heterocycles. The minimum atomic E-state index is -0.295. The molecule has 80 heavy (non-hydrogen) atoms. The number of anilines is 9. The molecule has 10 aromatic carbocycles. The van der Waals surface area contributed by atoms with Crippen LogP contribution < -0.4 is 14.7 Å². The van der Waals surface area contributed by atoms with E-state index in [9.17, 15) is 0 Å². The van der Waals surface area contributed by atoms with Gasteiger partial charge in [-0.2, -0.15) is 0 Å². The predicted octanol–water partition coefficient (Wildman–Crippen LogP) is 19.9. The van der Waals surface area contributed by atoms with Gasteiger partial charge < -0.3 is 0 Å². The second-order valence-electron chi connectivity index (χ2n) is 20.8. The maximum atomic E-state index is 5.21. The second-order valence-corrected chi connectivity index (χ2v) is 20.8. The number of hydrogen-bond acceptors (Lipinski definition) is 6. The molecule has 0 unspecified atom stereocenters. The molecule has 14 rings (SSSR count). The predicted molar refractivity (Wildman–Crippen MR) is 333 cm³/mol. The summed E-state index contributed by atoms with van der Waals surface area (Å²) in [6, 6.07) is 97.7. The lowest BCUT2D eigenvalue weighted by molar-refractivity contribution is 0.661. The fraction of sp³-hybridized carbons (Fsp3) is 0.0405. The van der Waals surface area contributed by atoms with Gasteiger partial charge in [-0.3, -0.25) is 14.7 Å². The van der Waals surface area contributed by atoms with E-state index in [1.54, 1.807) is 0 Å². The van der Waals surface area contributed by atoms with Crippen molar-refractivity contribution in [1.29, 1.82) is 0 Å². The van der Waals surface area contributed by atoms with E-state index in [0.29, 0.717) is 0 Å². The molecule has 0 amide bonds. The standard InChI is InChI=1S/C74H54N6/c1-74(2)67-27-13-12-26-61(67)63-49-65-66(50-68(63)74)72(79(70-29-15-18-46-76-70)58-39-33-55(34-40-58)52-22-8-4-9-23-52)62-44-43-60(78(69-28-14-17-45-75-69)57-37-31-54(32-38-57)51-20-6-3-7-21-51)48-64(62)73(65)80(71-30-16-19-47-77-71)59-41-35-56(36-42-59)53-24-10-5-11-25-53/h3-50H,1-2H3. The third-order valence-corrected chi connectivity index (χ3v) is 15.8. The van der Waals surface area contributed by atoms with E-state index in [2.05, 4.69) is 283 Å². The van der Waals surface area contributed by atoms with Gasteiger partial charge in [-0.1, -0.05) is 190 Å². The summed E-state index contributed by atoms with van der Waals surface area (Å²) in [6.07, 6.45) is 5.66. The number of aromatic nitrogens is 3. The molecule has 1 aliphatic carbocycles. The highest BCUT2D eigenvalue weighted by Gasteiger charge is 2.37. The summed E-state index contributed by atoms with van der Waals surface area (Å²) in [5.41, 5.74) is 17.5. The Labute approximate surface area is 466 Å². The van der Waals surface area contributed by atoms with Crippen molar-refractivity contribution in [1.82, 2.24) is 15.0 Å². The molecule has 0 saturated heterocycles. The first-order chi connectivity index (χ1) is 39.5. The molecule has 0 spiro atoms. The molecule has 0 atom stereocenters. The van der Waals surface area contributed by atoms with Gasteiger partial charge in [-0.25, -0.2) is 15.0 Å². The molecule has 3 heterocycles. The van der Waals surface area contributed by atoms with E-state index in [1.165, 1.54) is 22.3 Å². The van der Waals surface area contributed by atoms with Gasteiger partial charge >= 0.3 is 0 Å². The Morgan fingerprint density at radius 1 is 0.263 bits per heavy atom. The Balaban J connectivity index is 1.11. The Morgan fingerprint density at radius 2 is 0.625 bits per heavy atom. The van der Waals surface area contributed by atoms with Crippen LogP contribution in [0.5, 0.6) is 0 Å². The van der Waals surface area contributed by atoms with Crippen molar-refractivity contribution >= 4 is 73.1 Å². The molecular weight excluding hydrogens is 973 g/mol. The minimum Gasteiger partial charge on any atom is -0.295 e. The lowest BCUT2D eigenvalue weighted by Crippen LogP contribution is -2.18. The van der Waals surface area contributed by atoms with Crippen LogP contribution in [0.4, 0.5) is 51.6 Å². The van der Waals surface area contributed by atoms with Gasteiger partial charge in [0.25, 0.3) is 0 Å². The number of benzene rings is 10. The monoisotopic (exact) mass is 1030 g/mol. The zero-order valence-corrected chi connectivity index (χ0v) is 44.4. The van der Waals surface area contributed by atoms with Crippen LogP contribution in [0.2, 0.25) is 0 Å². The van der Waals surface area contributed by atoms with E-state index < -0.39 is 0 Å². The molecule has 13 aromatic rings. The first-order valence-corrected chi connectivity index (χ1v) is 27.2. The highest BCUT2D eigenvalue weighted by molar-refractivity contribution is 6.25. The molecule has 0 N–H and O–H groups in total. The van der Waals surface area contributed by atoms with Gasteiger partial charge in [0, 0.05) is 68.3 Å². The van der Waals surface area contributed by atoms with Crippen LogP contribution in [-0.2, 0) is 5.41 Å². The van der Waals surface area contributed by atoms with Gasteiger partial charge in [0.15, 0.2) is 0 Å². The topological polar surface area (TPSA) is 48.4 Å². The molecule has 380 valence electrons. The lowest BCUT2D eigenvalue weighted by Gasteiger charge is -2.33. The largest absolute Gasteiger partial charge is 0.295 e. The van der Waals surface area contributed by atoms with Crippen LogP contribution in [0, 0.1) is 0 Å². The summed E-state index contributed by atoms with van der Waals surface area (Å²) in [7, 11) is 0. The van der Waals surface area contributed by atoms with Gasteiger partial charge in [-0.15, -0.1) is 0 Å². The molecule has 6 heteroatoms. The van der Waals surface area contributed by atoms with Gasteiger partial charge in [-0.05, 0) is 153 Å². The van der Waals surface area contributed by atoms with Crippen molar-refractivity contribution in [3.8, 4) is 44.5 Å². The number of pyridine rings is 3. The van der Waals surface area contributed by atoms with E-state index >= 15 is 0 Å². The number of rotatable bonds is 12. The third-order valence-electron chi connectivity index (χ3n) is 15.8. The summed E-state index contributed by atoms with van der Waals surface area (Å²) in [5, 5.41) is 4.19. The number of fused-ring (bicyclic) bond motifs is 5. The smallest absolute Gasteiger partial charge is 0.137 e. The van der Waals surface area contributed by atoms with Gasteiger partial charge in [0.2, 0.25) is 0 Å². The van der Waals surface area contributed by atoms with Crippen molar-refractivity contribution in [3.63, 3.8) is 0 Å². The fourth-order valence-corrected chi connectivity index (χ4v) is 11.9. The average molecular weight is 1030 g/mol. The summed E-state index contributed by atoms with van der Waals surface area (Å²) in [6.45, 7) is 4.73. The van der Waals surface area contributed by atoms with Crippen LogP contribution in [0.1, 0.15) is 25.0 Å². The normalized spacial score (nSPS) is 12.2. The molecule has 0 bridgehead atoms. The maximum Gasteiger partial charge on any atom is 0.137 e. The molecule has 0 radical (unpaired) electrons. The number of nitrogens with zero attached hydrogens (tertiary/aromatic N) is 6. The van der Waals surface area contributed by atoms with Crippen LogP contribution in [0.3, 0.4) is 0 Å². The molecule has 0 fully saturated rings. The summed E-state index contributed by atoms with van der Waals surface area (Å²) in [4.78, 5) is 22.4. The van der Waals surface area contributed by atoms with Gasteiger partial charge in [0.05, 0.1) is 11.4 Å². The van der Waals surface area contributed by atoms with Crippen LogP contribution in [0.25, 0.3) is 66.1 Å². The Hall–Kier alpha value is -10.4. The molecule has 1 aliphatic rings. The number of hydrogen-bond donors (Lipinski definition) is 0. The van der Waals surface area contributed by atoms with E-state index in [0.717, 1.165) is 107 Å². The quantitative estimate of drug-likeness (QED) is 0.0898. The first-order valence-electron chi connectivity index (χ1n) is 27.2. The first kappa shape index (κ1) is 48.0. The minimum absolute atomic E-state index is 0.295. The highest BCUT2D eigenvalue weighted by Crippen LogP contribution is 2.57. The molecular formula is C74H54N6. The Bertz CT molecular complexity index is 4330. The fourth-order valence-electron chi connectivity index (χ4n) is 11.9. The Morgan fingerprint density at radius 3 is 1.09 bits per heavy atom. The average Bonchev–Trinajstić information content (AvgIpc) is 3.44. The van der Waals surface area contributed by atoms with Crippen molar-refractivity contribution in [3.05, 3.63) is 303 Å². The maximum absolute atomic E-state index is 5.21. The van der Waals surface area contributed by atoms with Crippen molar-refractivity contribution in [2.45, 2.75) is 19.3 Å². The molecule has 0 saturated carbocycles. The SMILES string of the molecule is CC1(C)c2ccccc2-c2cc3c(N(c4ccc(-c5ccccc5)cc4)c4ccccn4)c4cc(N(c5ccc(-c6ccccc6)cc5)c5ccccn5)ccc4c(N(c4ccc(-c5ccccc5)cc4)c4ccccn4)c3cc21. The Kier molecular flexibility index (Phi) is 12.1. The summed E-state index contributed by atoms with van der Waals surface area (Å²) >= 11 is 0. The zero-order valence-electron chi connectivity index (χ0n) is 44.4. The summed E-state index contributed by atoms with van der Waals surface area (Å²) < 4.78 is 0. The van der Waals surface area contributed by atoms with Crippen LogP contribution in [0.15, 0.2) is 292 Å². The van der Waals surface area contributed by atoms with Crippen LogP contribution >= 0.6 is 0 Å². The van der Waals surface area contributed by atoms with Gasteiger partial charge in [0.1, 0.15) is 17.5 Å². The van der Waals surface area contributed by atoms with Crippen molar-refractivity contribution in [2.75, 3.05) is 14.7 Å². The zero-order chi connectivity index (χ0) is 53.6. The van der Waals surface area contributed by atoms with Crippen molar-refractivity contribution in [2.24, 2.45) is 0 Å². The highest BCUT2D eigenvalue weighted by atomic mass is 15.2. The van der Waals surface area contributed by atoms with E-state index in [1.807, 2.05) is 36.8 Å². The molecule has 0 aliphatic heterocycles. The second kappa shape index (κ2) is 20.2. The summed E-state index contributed by atoms with van der Waals surface area (Å²) in [5.74, 6) is 2.39. The van der Waals surface area contributed by atoms with Crippen LogP contribution in [-0.4, -0.2) is 15.0 Å². The third kappa shape index (κ3) is 8.51.